The van der Waals surface area contributed by atoms with Crippen LogP contribution in [0, 0.1) is 0 Å². The summed E-state index contributed by atoms with van der Waals surface area (Å²) in [6, 6.07) is 4.25. The van der Waals surface area contributed by atoms with Gasteiger partial charge in [-0.1, -0.05) is 54.4 Å². The highest BCUT2D eigenvalue weighted by Gasteiger charge is 2.30. The van der Waals surface area contributed by atoms with Gasteiger partial charge in [0.05, 0.1) is 6.61 Å². The molecule has 22 heavy (non-hydrogen) atoms. The van der Waals surface area contributed by atoms with E-state index in [9.17, 15) is 5.11 Å². The van der Waals surface area contributed by atoms with Crippen molar-refractivity contribution in [2.75, 3.05) is 7.11 Å². The van der Waals surface area contributed by atoms with Gasteiger partial charge < -0.3 is 9.84 Å². The standard InChI is InChI=1S/C20H34O2/c1-8-10-19(3,4)16-12-15(14-22-7)13-17(18(16)21)20(5,6)11-9-2/h12-13,21H,8-11,14H2,1-7H3. The van der Waals surface area contributed by atoms with E-state index in [1.807, 2.05) is 0 Å². The predicted molar refractivity (Wildman–Crippen MR) is 94.7 cm³/mol. The minimum absolute atomic E-state index is 0.0281. The van der Waals surface area contributed by atoms with Crippen LogP contribution < -0.4 is 0 Å². The Kier molecular flexibility index (Phi) is 6.49. The lowest BCUT2D eigenvalue weighted by Crippen LogP contribution is -2.22. The first kappa shape index (κ1) is 19.0. The van der Waals surface area contributed by atoms with E-state index in [0.29, 0.717) is 12.4 Å². The number of phenolic OH excluding ortho intramolecular Hbond substituents is 1. The highest BCUT2D eigenvalue weighted by atomic mass is 16.5. The maximum absolute atomic E-state index is 11.0. The molecule has 0 heterocycles. The van der Waals surface area contributed by atoms with E-state index in [0.717, 1.165) is 42.4 Å². The molecule has 0 aliphatic heterocycles. The molecule has 0 fully saturated rings. The number of phenols is 1. The molecule has 0 radical (unpaired) electrons. The number of hydrogen-bond acceptors (Lipinski definition) is 2. The first-order valence-electron chi connectivity index (χ1n) is 8.55. The molecule has 0 amide bonds. The van der Waals surface area contributed by atoms with Crippen molar-refractivity contribution in [3.8, 4) is 5.75 Å². The average molecular weight is 306 g/mol. The molecule has 1 aromatic carbocycles. The Morgan fingerprint density at radius 2 is 1.32 bits per heavy atom. The van der Waals surface area contributed by atoms with Gasteiger partial charge in [-0.05, 0) is 41.4 Å². The molecule has 2 heteroatoms. The van der Waals surface area contributed by atoms with Gasteiger partial charge in [-0.2, -0.15) is 0 Å². The fourth-order valence-electron chi connectivity index (χ4n) is 3.50. The number of hydrogen-bond donors (Lipinski definition) is 1. The first-order valence-corrected chi connectivity index (χ1v) is 8.55. The summed E-state index contributed by atoms with van der Waals surface area (Å²) in [4.78, 5) is 0. The Morgan fingerprint density at radius 3 is 1.64 bits per heavy atom. The third-order valence-electron chi connectivity index (χ3n) is 4.69. The van der Waals surface area contributed by atoms with E-state index in [2.05, 4.69) is 53.7 Å². The smallest absolute Gasteiger partial charge is 0.123 e. The van der Waals surface area contributed by atoms with Gasteiger partial charge in [-0.15, -0.1) is 0 Å². The van der Waals surface area contributed by atoms with Gasteiger partial charge in [-0.3, -0.25) is 0 Å². The molecule has 0 spiro atoms. The van der Waals surface area contributed by atoms with E-state index in [1.165, 1.54) is 0 Å². The van der Waals surface area contributed by atoms with Gasteiger partial charge in [-0.25, -0.2) is 0 Å². The number of methoxy groups -OCH3 is 1. The lowest BCUT2D eigenvalue weighted by Gasteiger charge is -2.32. The van der Waals surface area contributed by atoms with Gasteiger partial charge in [0, 0.05) is 18.2 Å². The molecule has 0 atom stereocenters. The molecule has 0 aliphatic carbocycles. The second-order valence-electron chi connectivity index (χ2n) is 7.74. The first-order chi connectivity index (χ1) is 10.2. The predicted octanol–water partition coefficient (Wildman–Crippen LogP) is 5.69. The van der Waals surface area contributed by atoms with Gasteiger partial charge in [0.1, 0.15) is 5.75 Å². The quantitative estimate of drug-likeness (QED) is 0.668. The Bertz CT molecular complexity index is 447. The van der Waals surface area contributed by atoms with E-state index in [-0.39, 0.29) is 10.8 Å². The zero-order valence-corrected chi connectivity index (χ0v) is 15.5. The number of aromatic hydroxyl groups is 1. The monoisotopic (exact) mass is 306 g/mol. The number of rotatable bonds is 8. The summed E-state index contributed by atoms with van der Waals surface area (Å²) in [5.41, 5.74) is 3.21. The third kappa shape index (κ3) is 4.25. The molecule has 0 saturated carbocycles. The van der Waals surface area contributed by atoms with Crippen molar-refractivity contribution in [1.82, 2.24) is 0 Å². The summed E-state index contributed by atoms with van der Waals surface area (Å²) in [6.45, 7) is 13.9. The highest BCUT2D eigenvalue weighted by molar-refractivity contribution is 5.50. The number of ether oxygens (including phenoxy) is 1. The van der Waals surface area contributed by atoms with Gasteiger partial charge in [0.25, 0.3) is 0 Å². The zero-order valence-electron chi connectivity index (χ0n) is 15.5. The van der Waals surface area contributed by atoms with Crippen LogP contribution in [0.1, 0.15) is 83.9 Å². The van der Waals surface area contributed by atoms with Crippen LogP contribution in [0.3, 0.4) is 0 Å². The maximum atomic E-state index is 11.0. The highest BCUT2D eigenvalue weighted by Crippen LogP contribution is 2.43. The van der Waals surface area contributed by atoms with Crippen LogP contribution in [0.15, 0.2) is 12.1 Å². The maximum Gasteiger partial charge on any atom is 0.123 e. The molecular formula is C20H34O2. The zero-order chi connectivity index (χ0) is 17.0. The summed E-state index contributed by atoms with van der Waals surface area (Å²) in [5.74, 6) is 0.483. The van der Waals surface area contributed by atoms with Gasteiger partial charge in [0.15, 0.2) is 0 Å². The van der Waals surface area contributed by atoms with Crippen LogP contribution in [0.5, 0.6) is 5.75 Å². The fraction of sp³-hybridized carbons (Fsp3) is 0.700. The average Bonchev–Trinajstić information content (AvgIpc) is 2.40. The summed E-state index contributed by atoms with van der Waals surface area (Å²) in [7, 11) is 1.72. The fourth-order valence-corrected chi connectivity index (χ4v) is 3.50. The molecule has 126 valence electrons. The van der Waals surface area contributed by atoms with Crippen molar-refractivity contribution in [2.24, 2.45) is 0 Å². The molecule has 1 N–H and O–H groups in total. The van der Waals surface area contributed by atoms with Crippen LogP contribution in [0.2, 0.25) is 0 Å². The minimum atomic E-state index is -0.0281. The lowest BCUT2D eigenvalue weighted by atomic mass is 9.73. The third-order valence-corrected chi connectivity index (χ3v) is 4.69. The Labute approximate surface area is 136 Å². The van der Waals surface area contributed by atoms with Crippen molar-refractivity contribution in [1.29, 1.82) is 0 Å². The molecule has 0 unspecified atom stereocenters. The van der Waals surface area contributed by atoms with Crippen LogP contribution >= 0.6 is 0 Å². The molecule has 0 saturated heterocycles. The second-order valence-corrected chi connectivity index (χ2v) is 7.74. The Morgan fingerprint density at radius 1 is 0.909 bits per heavy atom. The van der Waals surface area contributed by atoms with Crippen LogP contribution in [-0.4, -0.2) is 12.2 Å². The van der Waals surface area contributed by atoms with Crippen molar-refractivity contribution in [3.05, 3.63) is 28.8 Å². The number of benzene rings is 1. The van der Waals surface area contributed by atoms with E-state index >= 15 is 0 Å². The van der Waals surface area contributed by atoms with Crippen molar-refractivity contribution < 1.29 is 9.84 Å². The lowest BCUT2D eigenvalue weighted by molar-refractivity contribution is 0.184. The SMILES string of the molecule is CCCC(C)(C)c1cc(COC)cc(C(C)(C)CCC)c1O. The summed E-state index contributed by atoms with van der Waals surface area (Å²) < 4.78 is 5.34. The van der Waals surface area contributed by atoms with Crippen LogP contribution in [-0.2, 0) is 22.2 Å². The summed E-state index contributed by atoms with van der Waals surface area (Å²) in [6.07, 6.45) is 4.33. The molecule has 0 aromatic heterocycles. The normalized spacial score (nSPS) is 12.7. The Balaban J connectivity index is 3.48. The van der Waals surface area contributed by atoms with E-state index in [4.69, 9.17) is 4.74 Å². The summed E-state index contributed by atoms with van der Waals surface area (Å²) in [5, 5.41) is 11.0. The minimum Gasteiger partial charge on any atom is -0.507 e. The molecule has 1 aromatic rings. The second kappa shape index (κ2) is 7.50. The summed E-state index contributed by atoms with van der Waals surface area (Å²) >= 11 is 0. The van der Waals surface area contributed by atoms with E-state index in [1.54, 1.807) is 7.11 Å². The molecular weight excluding hydrogens is 272 g/mol. The van der Waals surface area contributed by atoms with Crippen LogP contribution in [0.25, 0.3) is 0 Å². The largest absolute Gasteiger partial charge is 0.507 e. The van der Waals surface area contributed by atoms with Crippen molar-refractivity contribution in [3.63, 3.8) is 0 Å². The van der Waals surface area contributed by atoms with Gasteiger partial charge in [0.2, 0.25) is 0 Å². The van der Waals surface area contributed by atoms with Crippen LogP contribution in [0.4, 0.5) is 0 Å². The molecule has 0 aliphatic rings. The Hall–Kier alpha value is -1.02. The van der Waals surface area contributed by atoms with Crippen molar-refractivity contribution >= 4 is 0 Å². The molecule has 2 nitrogen and oxygen atoms in total. The topological polar surface area (TPSA) is 29.5 Å². The van der Waals surface area contributed by atoms with Gasteiger partial charge >= 0.3 is 0 Å². The molecule has 0 bridgehead atoms. The van der Waals surface area contributed by atoms with E-state index < -0.39 is 0 Å². The van der Waals surface area contributed by atoms with Crippen molar-refractivity contribution in [2.45, 2.75) is 84.7 Å². The molecule has 1 rings (SSSR count).